The number of amides is 1. The van der Waals surface area contributed by atoms with Gasteiger partial charge in [0, 0.05) is 23.0 Å². The molecule has 0 radical (unpaired) electrons. The average molecular weight is 551 g/mol. The van der Waals surface area contributed by atoms with Gasteiger partial charge in [-0.2, -0.15) is 0 Å². The molecule has 2 atom stereocenters. The molecule has 38 heavy (non-hydrogen) atoms. The predicted octanol–water partition coefficient (Wildman–Crippen LogP) is 2.74. The first-order valence-electron chi connectivity index (χ1n) is 11.3. The number of ether oxygens (including phenoxy) is 3. The van der Waals surface area contributed by atoms with E-state index in [0.29, 0.717) is 26.6 Å². The number of carbonyl (C=O) groups excluding carboxylic acids is 3. The second-order valence-electron chi connectivity index (χ2n) is 7.88. The molecule has 0 spiro atoms. The molecule has 1 heterocycles. The van der Waals surface area contributed by atoms with E-state index in [1.165, 1.54) is 18.2 Å². The molecule has 0 fully saturated rings. The smallest absolute Gasteiger partial charge is 0.435 e. The van der Waals surface area contributed by atoms with Crippen molar-refractivity contribution in [3.63, 3.8) is 0 Å². The van der Waals surface area contributed by atoms with Crippen molar-refractivity contribution in [3.05, 3.63) is 70.8 Å². The van der Waals surface area contributed by atoms with E-state index in [-0.39, 0.29) is 25.1 Å². The van der Waals surface area contributed by atoms with E-state index >= 15 is 0 Å². The Bertz CT molecular complexity index is 1270. The number of nitrogens with one attached hydrogen (secondary N) is 1. The van der Waals surface area contributed by atoms with Crippen LogP contribution < -0.4 is 5.32 Å². The van der Waals surface area contributed by atoms with Crippen LogP contribution in [0.15, 0.2) is 48.7 Å². The molecule has 0 saturated heterocycles. The lowest BCUT2D eigenvalue weighted by atomic mass is 9.97. The molecule has 0 unspecified atom stereocenters. The van der Waals surface area contributed by atoms with Crippen molar-refractivity contribution in [3.8, 4) is 11.1 Å². The lowest BCUT2D eigenvalue weighted by Gasteiger charge is -2.21. The first-order chi connectivity index (χ1) is 18.2. The molecule has 0 aliphatic rings. The maximum Gasteiger partial charge on any atom is 0.511 e. The number of aliphatic hydroxyl groups is 1. The van der Waals surface area contributed by atoms with Crippen molar-refractivity contribution in [2.75, 3.05) is 13.4 Å². The topological polar surface area (TPSA) is 162 Å². The highest BCUT2D eigenvalue weighted by Crippen LogP contribution is 2.26. The molecule has 202 valence electrons. The first-order valence-corrected chi connectivity index (χ1v) is 11.6. The zero-order valence-corrected chi connectivity index (χ0v) is 20.8. The van der Waals surface area contributed by atoms with Crippen LogP contribution in [0.2, 0.25) is 5.02 Å². The van der Waals surface area contributed by atoms with E-state index in [1.807, 2.05) is 0 Å². The predicted molar refractivity (Wildman–Crippen MR) is 129 cm³/mol. The van der Waals surface area contributed by atoms with Gasteiger partial charge in [-0.25, -0.2) is 14.0 Å². The second-order valence-corrected chi connectivity index (χ2v) is 8.32. The fraction of sp³-hybridized carbons (Fsp3) is 0.292. The second kappa shape index (κ2) is 13.4. The maximum atomic E-state index is 14.2. The molecule has 3 aromatic rings. The molecule has 1 aromatic heterocycles. The van der Waals surface area contributed by atoms with Crippen LogP contribution in [-0.2, 0) is 25.4 Å². The number of aromatic nitrogens is 3. The quantitative estimate of drug-likeness (QED) is 0.184. The van der Waals surface area contributed by atoms with E-state index < -0.39 is 42.8 Å². The molecule has 14 heteroatoms. The van der Waals surface area contributed by atoms with Crippen LogP contribution in [0.1, 0.15) is 29.4 Å². The van der Waals surface area contributed by atoms with Crippen LogP contribution in [0.4, 0.5) is 9.18 Å². The molecular formula is C24H24ClFN4O8. The average Bonchev–Trinajstić information content (AvgIpc) is 3.32. The summed E-state index contributed by atoms with van der Waals surface area (Å²) < 4.78 is 28.0. The Kier molecular flexibility index (Phi) is 9.96. The van der Waals surface area contributed by atoms with Crippen LogP contribution in [-0.4, -0.2) is 69.0 Å². The van der Waals surface area contributed by atoms with Gasteiger partial charge in [-0.3, -0.25) is 4.79 Å². The van der Waals surface area contributed by atoms with Crippen molar-refractivity contribution in [2.24, 2.45) is 0 Å². The first kappa shape index (κ1) is 28.3. The van der Waals surface area contributed by atoms with Gasteiger partial charge in [0.05, 0.1) is 12.8 Å². The number of benzene rings is 2. The number of carbonyl (C=O) groups is 3. The number of halogens is 2. The molecule has 2 aromatic carbocycles. The van der Waals surface area contributed by atoms with Crippen molar-refractivity contribution in [1.29, 1.82) is 0 Å². The van der Waals surface area contributed by atoms with Crippen LogP contribution >= 0.6 is 11.6 Å². The summed E-state index contributed by atoms with van der Waals surface area (Å²) in [6.45, 7) is 0.859. The number of hydrogen-bond acceptors (Lipinski definition) is 10. The minimum absolute atomic E-state index is 0.0653. The molecule has 0 aliphatic carbocycles. The minimum Gasteiger partial charge on any atom is -0.435 e. The zero-order valence-electron chi connectivity index (χ0n) is 20.0. The van der Waals surface area contributed by atoms with Gasteiger partial charge < -0.3 is 29.8 Å². The van der Waals surface area contributed by atoms with Gasteiger partial charge in [-0.05, 0) is 47.9 Å². The van der Waals surface area contributed by atoms with Crippen molar-refractivity contribution in [1.82, 2.24) is 20.5 Å². The molecule has 3 rings (SSSR count). The highest BCUT2D eigenvalue weighted by molar-refractivity contribution is 6.30. The summed E-state index contributed by atoms with van der Waals surface area (Å²) in [4.78, 5) is 36.3. The van der Waals surface area contributed by atoms with E-state index in [9.17, 15) is 29.1 Å². The van der Waals surface area contributed by atoms with Gasteiger partial charge in [-0.15, -0.1) is 5.10 Å². The largest absolute Gasteiger partial charge is 0.511 e. The monoisotopic (exact) mass is 550 g/mol. The summed E-state index contributed by atoms with van der Waals surface area (Å²) in [5.74, 6) is -2.27. The van der Waals surface area contributed by atoms with E-state index in [4.69, 9.17) is 16.3 Å². The summed E-state index contributed by atoms with van der Waals surface area (Å²) in [6, 6.07) is 10.1. The molecular weight excluding hydrogens is 527 g/mol. The normalized spacial score (nSPS) is 12.3. The highest BCUT2D eigenvalue weighted by Gasteiger charge is 2.25. The summed E-state index contributed by atoms with van der Waals surface area (Å²) in [5, 5.41) is 29.4. The number of aliphatic hydroxyl groups excluding tert-OH is 1. The molecule has 12 nitrogen and oxygen atoms in total. The number of rotatable bonds is 11. The molecule has 3 N–H and O–H groups in total. The van der Waals surface area contributed by atoms with Gasteiger partial charge in [-0.1, -0.05) is 40.7 Å². The Morgan fingerprint density at radius 2 is 1.87 bits per heavy atom. The van der Waals surface area contributed by atoms with Gasteiger partial charge in [0.25, 0.3) is 5.91 Å². The third kappa shape index (κ3) is 8.15. The Morgan fingerprint density at radius 1 is 1.13 bits per heavy atom. The van der Waals surface area contributed by atoms with Gasteiger partial charge in [0.2, 0.25) is 6.79 Å². The number of hydrogen-bond donors (Lipinski definition) is 3. The van der Waals surface area contributed by atoms with E-state index in [0.717, 1.165) is 6.20 Å². The van der Waals surface area contributed by atoms with Crippen LogP contribution in [0.25, 0.3) is 11.1 Å². The van der Waals surface area contributed by atoms with Crippen LogP contribution in [0.3, 0.4) is 0 Å². The lowest BCUT2D eigenvalue weighted by molar-refractivity contribution is -0.163. The molecule has 0 aliphatic heterocycles. The van der Waals surface area contributed by atoms with Crippen molar-refractivity contribution < 1.29 is 43.3 Å². The Morgan fingerprint density at radius 3 is 2.53 bits per heavy atom. The fourth-order valence-corrected chi connectivity index (χ4v) is 3.56. The highest BCUT2D eigenvalue weighted by atomic mass is 35.5. The summed E-state index contributed by atoms with van der Waals surface area (Å²) in [5.41, 5.74) is 1.35. The third-order valence-electron chi connectivity index (χ3n) is 5.15. The van der Waals surface area contributed by atoms with Crippen LogP contribution in [0, 0.1) is 5.82 Å². The summed E-state index contributed by atoms with van der Waals surface area (Å²) in [7, 11) is 0. The van der Waals surface area contributed by atoms with Crippen LogP contribution in [0.5, 0.6) is 0 Å². The molecule has 0 saturated carbocycles. The van der Waals surface area contributed by atoms with E-state index in [1.54, 1.807) is 31.2 Å². The van der Waals surface area contributed by atoms with E-state index in [2.05, 4.69) is 25.1 Å². The van der Waals surface area contributed by atoms with Crippen molar-refractivity contribution in [2.45, 2.75) is 31.9 Å². The summed E-state index contributed by atoms with van der Waals surface area (Å²) in [6.07, 6.45) is -1.92. The van der Waals surface area contributed by atoms with Gasteiger partial charge in [0.1, 0.15) is 5.82 Å². The minimum atomic E-state index is -1.69. The summed E-state index contributed by atoms with van der Waals surface area (Å²) >= 11 is 5.98. The Balaban J connectivity index is 1.70. The Labute approximate surface area is 220 Å². The Hall–Kier alpha value is -4.23. The zero-order chi connectivity index (χ0) is 27.7. The third-order valence-corrected chi connectivity index (χ3v) is 5.38. The maximum absolute atomic E-state index is 14.2. The number of nitrogens with zero attached hydrogens (tertiary/aromatic N) is 3. The molecule has 0 bridgehead atoms. The van der Waals surface area contributed by atoms with Gasteiger partial charge in [0.15, 0.2) is 11.8 Å². The number of esters is 1. The SMILES string of the molecule is CCOC(=O)OCOC(=O)[C@H](O)C[C@@H](Cc1ccc(-c2cc(Cl)ccc2F)cc1)NC(=O)c1cn(O)nn1. The van der Waals surface area contributed by atoms with Crippen molar-refractivity contribution >= 4 is 29.6 Å². The van der Waals surface area contributed by atoms with Gasteiger partial charge >= 0.3 is 12.1 Å². The molecule has 1 amide bonds. The standard InChI is InChI=1S/C24H24ClFN4O8/c1-2-36-24(34)38-13-37-23(33)21(31)11-17(27-22(32)20-12-30(35)29-28-20)9-14-3-5-15(6-4-14)18-10-16(25)7-8-19(18)26/h3-8,10,12,17,21,31,35H,2,9,11,13H2,1H3,(H,27,32)/t17-,21-/m1/s1. The fourth-order valence-electron chi connectivity index (χ4n) is 3.39. The lowest BCUT2D eigenvalue weighted by Crippen LogP contribution is -2.41.